The van der Waals surface area contributed by atoms with Crippen molar-refractivity contribution in [1.29, 1.82) is 0 Å². The molecule has 0 spiro atoms. The standard InChI is InChI=1S/C17H17NO3/c19-16(15-6-3-9-18-15)11-21-17(20)14-8-7-12-4-1-2-5-13(12)10-14/h3,6-10,18H,1-2,4-5,11H2. The molecule has 0 fully saturated rings. The van der Waals surface area contributed by atoms with Crippen LogP contribution in [-0.4, -0.2) is 23.3 Å². The molecule has 0 unspecified atom stereocenters. The lowest BCUT2D eigenvalue weighted by Crippen LogP contribution is -2.15. The molecule has 0 saturated heterocycles. The summed E-state index contributed by atoms with van der Waals surface area (Å²) in [4.78, 5) is 26.6. The molecule has 4 heteroatoms. The van der Waals surface area contributed by atoms with Crippen molar-refractivity contribution in [2.24, 2.45) is 0 Å². The molecule has 3 rings (SSSR count). The maximum atomic E-state index is 12.0. The zero-order valence-electron chi connectivity index (χ0n) is 11.7. The van der Waals surface area contributed by atoms with Gasteiger partial charge in [0.1, 0.15) is 0 Å². The van der Waals surface area contributed by atoms with Gasteiger partial charge in [0.15, 0.2) is 6.61 Å². The van der Waals surface area contributed by atoms with Crippen molar-refractivity contribution >= 4 is 11.8 Å². The lowest BCUT2D eigenvalue weighted by atomic mass is 9.90. The molecule has 0 atom stereocenters. The van der Waals surface area contributed by atoms with E-state index in [9.17, 15) is 9.59 Å². The van der Waals surface area contributed by atoms with Crippen molar-refractivity contribution in [3.05, 3.63) is 58.9 Å². The van der Waals surface area contributed by atoms with Gasteiger partial charge in [-0.1, -0.05) is 6.07 Å². The Balaban J connectivity index is 1.64. The number of aromatic amines is 1. The number of ketones is 1. The normalized spacial score (nSPS) is 13.5. The van der Waals surface area contributed by atoms with E-state index in [0.29, 0.717) is 11.3 Å². The number of ether oxygens (including phenoxy) is 1. The third kappa shape index (κ3) is 3.05. The van der Waals surface area contributed by atoms with Crippen molar-refractivity contribution in [3.8, 4) is 0 Å². The maximum absolute atomic E-state index is 12.0. The largest absolute Gasteiger partial charge is 0.454 e. The summed E-state index contributed by atoms with van der Waals surface area (Å²) < 4.78 is 5.10. The molecule has 2 aromatic rings. The molecule has 0 radical (unpaired) electrons. The topological polar surface area (TPSA) is 59.2 Å². The number of hydrogen-bond donors (Lipinski definition) is 1. The van der Waals surface area contributed by atoms with Crippen molar-refractivity contribution in [2.45, 2.75) is 25.7 Å². The summed E-state index contributed by atoms with van der Waals surface area (Å²) >= 11 is 0. The van der Waals surface area contributed by atoms with Gasteiger partial charge in [-0.05, 0) is 61.1 Å². The van der Waals surface area contributed by atoms with E-state index >= 15 is 0 Å². The van der Waals surface area contributed by atoms with Gasteiger partial charge >= 0.3 is 5.97 Å². The molecule has 108 valence electrons. The lowest BCUT2D eigenvalue weighted by molar-refractivity contribution is 0.0473. The minimum atomic E-state index is -0.441. The van der Waals surface area contributed by atoms with Crippen molar-refractivity contribution in [1.82, 2.24) is 4.98 Å². The summed E-state index contributed by atoms with van der Waals surface area (Å²) in [5.41, 5.74) is 3.52. The number of esters is 1. The van der Waals surface area contributed by atoms with Gasteiger partial charge in [0.2, 0.25) is 5.78 Å². The van der Waals surface area contributed by atoms with E-state index in [1.807, 2.05) is 12.1 Å². The Morgan fingerprint density at radius 2 is 1.90 bits per heavy atom. The van der Waals surface area contributed by atoms with Crippen LogP contribution >= 0.6 is 0 Å². The Kier molecular flexibility index (Phi) is 3.86. The molecule has 1 aliphatic rings. The first-order chi connectivity index (χ1) is 10.2. The molecule has 0 aliphatic heterocycles. The fraction of sp³-hybridized carbons (Fsp3) is 0.294. The number of benzene rings is 1. The molecule has 0 saturated carbocycles. The molecular formula is C17H17NO3. The number of Topliss-reactive ketones (excluding diaryl/α,β-unsaturated/α-hetero) is 1. The fourth-order valence-electron chi connectivity index (χ4n) is 2.66. The number of nitrogens with one attached hydrogen (secondary N) is 1. The van der Waals surface area contributed by atoms with Crippen molar-refractivity contribution < 1.29 is 14.3 Å². The van der Waals surface area contributed by atoms with Crippen molar-refractivity contribution in [2.75, 3.05) is 6.61 Å². The van der Waals surface area contributed by atoms with Crippen LogP contribution in [0.1, 0.15) is 44.8 Å². The number of carbonyl (C=O) groups is 2. The summed E-state index contributed by atoms with van der Waals surface area (Å²) in [6.45, 7) is -0.240. The molecule has 0 amide bonds. The van der Waals surface area contributed by atoms with Gasteiger partial charge in [0, 0.05) is 6.20 Å². The molecule has 0 bridgehead atoms. The Morgan fingerprint density at radius 1 is 1.10 bits per heavy atom. The highest BCUT2D eigenvalue weighted by Crippen LogP contribution is 2.22. The molecule has 1 aliphatic carbocycles. The van der Waals surface area contributed by atoms with Crippen LogP contribution in [0.5, 0.6) is 0 Å². The van der Waals surface area contributed by atoms with Crippen LogP contribution in [0, 0.1) is 0 Å². The number of aromatic nitrogens is 1. The molecule has 1 heterocycles. The quantitative estimate of drug-likeness (QED) is 0.693. The van der Waals surface area contributed by atoms with Gasteiger partial charge in [-0.2, -0.15) is 0 Å². The molecule has 1 N–H and O–H groups in total. The SMILES string of the molecule is O=C(OCC(=O)c1ccc[nH]1)c1ccc2c(c1)CCCC2. The summed E-state index contributed by atoms with van der Waals surface area (Å²) in [5, 5.41) is 0. The number of aryl methyl sites for hydroxylation is 2. The predicted molar refractivity (Wildman–Crippen MR) is 78.5 cm³/mol. The van der Waals surface area contributed by atoms with E-state index in [1.54, 1.807) is 24.4 Å². The highest BCUT2D eigenvalue weighted by atomic mass is 16.5. The van der Waals surface area contributed by atoms with E-state index in [1.165, 1.54) is 17.5 Å². The van der Waals surface area contributed by atoms with Gasteiger partial charge in [-0.3, -0.25) is 4.79 Å². The second-order valence-electron chi connectivity index (χ2n) is 5.27. The molecule has 1 aromatic heterocycles. The van der Waals surface area contributed by atoms with Crippen LogP contribution in [-0.2, 0) is 17.6 Å². The Bertz CT molecular complexity index is 659. The highest BCUT2D eigenvalue weighted by Gasteiger charge is 2.15. The first-order valence-electron chi connectivity index (χ1n) is 7.19. The first kappa shape index (κ1) is 13.6. The van der Waals surface area contributed by atoms with Crippen LogP contribution in [0.15, 0.2) is 36.5 Å². The summed E-state index contributed by atoms with van der Waals surface area (Å²) in [5.74, 6) is -0.672. The van der Waals surface area contributed by atoms with Crippen LogP contribution in [0.2, 0.25) is 0 Å². The average molecular weight is 283 g/mol. The van der Waals surface area contributed by atoms with Crippen LogP contribution < -0.4 is 0 Å². The first-order valence-corrected chi connectivity index (χ1v) is 7.19. The lowest BCUT2D eigenvalue weighted by Gasteiger charge is -2.16. The van der Waals surface area contributed by atoms with Gasteiger partial charge < -0.3 is 9.72 Å². The van der Waals surface area contributed by atoms with Crippen LogP contribution in [0.3, 0.4) is 0 Å². The monoisotopic (exact) mass is 283 g/mol. The number of rotatable bonds is 4. The number of carbonyl (C=O) groups excluding carboxylic acids is 2. The van der Waals surface area contributed by atoms with E-state index in [-0.39, 0.29) is 12.4 Å². The Hall–Kier alpha value is -2.36. The average Bonchev–Trinajstić information content (AvgIpc) is 3.06. The smallest absolute Gasteiger partial charge is 0.338 e. The second kappa shape index (κ2) is 5.95. The number of fused-ring (bicyclic) bond motifs is 1. The summed E-state index contributed by atoms with van der Waals surface area (Å²) in [6.07, 6.45) is 6.13. The third-order valence-corrected chi connectivity index (χ3v) is 3.82. The highest BCUT2D eigenvalue weighted by molar-refractivity contribution is 5.98. The summed E-state index contributed by atoms with van der Waals surface area (Å²) in [7, 11) is 0. The van der Waals surface area contributed by atoms with Crippen LogP contribution in [0.25, 0.3) is 0 Å². The minimum Gasteiger partial charge on any atom is -0.454 e. The number of H-pyrrole nitrogens is 1. The Morgan fingerprint density at radius 3 is 2.67 bits per heavy atom. The molecule has 4 nitrogen and oxygen atoms in total. The predicted octanol–water partition coefficient (Wildman–Crippen LogP) is 2.93. The third-order valence-electron chi connectivity index (χ3n) is 3.82. The molecule has 1 aromatic carbocycles. The minimum absolute atomic E-state index is 0.230. The summed E-state index contributed by atoms with van der Waals surface area (Å²) in [6, 6.07) is 9.08. The van der Waals surface area contributed by atoms with E-state index in [0.717, 1.165) is 19.3 Å². The van der Waals surface area contributed by atoms with Gasteiger partial charge in [-0.15, -0.1) is 0 Å². The van der Waals surface area contributed by atoms with Gasteiger partial charge in [0.05, 0.1) is 11.3 Å². The second-order valence-corrected chi connectivity index (χ2v) is 5.27. The molecule has 21 heavy (non-hydrogen) atoms. The fourth-order valence-corrected chi connectivity index (χ4v) is 2.66. The van der Waals surface area contributed by atoms with Gasteiger partial charge in [0.25, 0.3) is 0 Å². The van der Waals surface area contributed by atoms with E-state index in [2.05, 4.69) is 4.98 Å². The maximum Gasteiger partial charge on any atom is 0.338 e. The van der Waals surface area contributed by atoms with Gasteiger partial charge in [-0.25, -0.2) is 4.79 Å². The molecular weight excluding hydrogens is 266 g/mol. The number of hydrogen-bond acceptors (Lipinski definition) is 3. The van der Waals surface area contributed by atoms with Crippen molar-refractivity contribution in [3.63, 3.8) is 0 Å². The van der Waals surface area contributed by atoms with E-state index < -0.39 is 5.97 Å². The van der Waals surface area contributed by atoms with E-state index in [4.69, 9.17) is 4.74 Å². The van der Waals surface area contributed by atoms with Crippen LogP contribution in [0.4, 0.5) is 0 Å². The zero-order valence-corrected chi connectivity index (χ0v) is 11.7. The zero-order chi connectivity index (χ0) is 14.7. The Labute approximate surface area is 123 Å².